The minimum atomic E-state index is -3.29. The molecule has 0 aliphatic carbocycles. The van der Waals surface area contributed by atoms with Gasteiger partial charge in [0.2, 0.25) is 0 Å². The van der Waals surface area contributed by atoms with Crippen molar-refractivity contribution >= 4 is 7.60 Å². The molecule has 10 heteroatoms. The molecule has 1 aromatic rings. The third-order valence-electron chi connectivity index (χ3n) is 3.85. The van der Waals surface area contributed by atoms with Gasteiger partial charge < -0.3 is 18.9 Å². The van der Waals surface area contributed by atoms with Gasteiger partial charge in [0.05, 0.1) is 12.2 Å². The standard InChI is InChI=1S/C14H21N2O7P/c1-10-8-16(13(18)15-12(10)17)11-7-14(19,9-23-11)5-4-6-24(20,21-2)22-3/h4,6,8,11,19H,5,7,9H2,1-3H3,(H,15,17,18)/b6-4+/t11-,14?/m1/s1. The molecular weight excluding hydrogens is 339 g/mol. The van der Waals surface area contributed by atoms with Crippen LogP contribution in [0.3, 0.4) is 0 Å². The molecule has 1 fully saturated rings. The third-order valence-corrected chi connectivity index (χ3v) is 5.44. The monoisotopic (exact) mass is 360 g/mol. The van der Waals surface area contributed by atoms with Crippen LogP contribution in [-0.2, 0) is 18.3 Å². The summed E-state index contributed by atoms with van der Waals surface area (Å²) in [4.78, 5) is 25.5. The third kappa shape index (κ3) is 4.12. The fourth-order valence-corrected chi connectivity index (χ4v) is 3.17. The van der Waals surface area contributed by atoms with Crippen molar-refractivity contribution in [2.45, 2.75) is 31.6 Å². The van der Waals surface area contributed by atoms with Crippen LogP contribution in [0.2, 0.25) is 0 Å². The summed E-state index contributed by atoms with van der Waals surface area (Å²) in [5.74, 6) is 1.27. The van der Waals surface area contributed by atoms with Gasteiger partial charge in [-0.15, -0.1) is 0 Å². The van der Waals surface area contributed by atoms with Gasteiger partial charge in [-0.3, -0.25) is 18.9 Å². The van der Waals surface area contributed by atoms with Crippen LogP contribution < -0.4 is 11.2 Å². The molecule has 1 aliphatic rings. The number of hydrogen-bond donors (Lipinski definition) is 2. The smallest absolute Gasteiger partial charge is 0.353 e. The van der Waals surface area contributed by atoms with E-state index in [9.17, 15) is 19.3 Å². The molecular formula is C14H21N2O7P. The molecule has 24 heavy (non-hydrogen) atoms. The first-order chi connectivity index (χ1) is 11.2. The van der Waals surface area contributed by atoms with Crippen molar-refractivity contribution in [3.8, 4) is 0 Å². The van der Waals surface area contributed by atoms with E-state index in [2.05, 4.69) is 4.98 Å². The molecule has 2 atom stereocenters. The lowest BCUT2D eigenvalue weighted by molar-refractivity contribution is 0.0131. The topological polar surface area (TPSA) is 120 Å². The zero-order valence-corrected chi connectivity index (χ0v) is 14.6. The summed E-state index contributed by atoms with van der Waals surface area (Å²) in [6.07, 6.45) is 2.51. The van der Waals surface area contributed by atoms with Crippen molar-refractivity contribution in [1.29, 1.82) is 0 Å². The predicted octanol–water partition coefficient (Wildman–Crippen LogP) is 0.885. The highest BCUT2D eigenvalue weighted by atomic mass is 31.2. The average molecular weight is 360 g/mol. The highest BCUT2D eigenvalue weighted by Gasteiger charge is 2.39. The number of rotatable bonds is 6. The zero-order chi connectivity index (χ0) is 18.0. The molecule has 0 radical (unpaired) electrons. The van der Waals surface area contributed by atoms with Crippen LogP contribution in [0.25, 0.3) is 0 Å². The normalized spacial score (nSPS) is 24.8. The van der Waals surface area contributed by atoms with E-state index in [0.29, 0.717) is 5.56 Å². The minimum absolute atomic E-state index is 0.00309. The van der Waals surface area contributed by atoms with E-state index < -0.39 is 30.7 Å². The predicted molar refractivity (Wildman–Crippen MR) is 86.0 cm³/mol. The fraction of sp³-hybridized carbons (Fsp3) is 0.571. The second-order valence-corrected chi connectivity index (χ2v) is 7.77. The Kier molecular flexibility index (Phi) is 5.62. The van der Waals surface area contributed by atoms with Crippen molar-refractivity contribution in [1.82, 2.24) is 9.55 Å². The molecule has 0 saturated carbocycles. The Morgan fingerprint density at radius 1 is 1.50 bits per heavy atom. The average Bonchev–Trinajstić information content (AvgIpc) is 2.93. The maximum atomic E-state index is 11.9. The highest BCUT2D eigenvalue weighted by Crippen LogP contribution is 2.48. The van der Waals surface area contributed by atoms with Crippen LogP contribution in [0, 0.1) is 6.92 Å². The Balaban J connectivity index is 2.11. The second-order valence-electron chi connectivity index (χ2n) is 5.67. The first-order valence-electron chi connectivity index (χ1n) is 7.27. The zero-order valence-electron chi connectivity index (χ0n) is 13.7. The van der Waals surface area contributed by atoms with Crippen molar-refractivity contribution in [3.05, 3.63) is 44.5 Å². The molecule has 9 nitrogen and oxygen atoms in total. The van der Waals surface area contributed by atoms with Crippen molar-refractivity contribution < 1.29 is 23.5 Å². The number of ether oxygens (including phenoxy) is 1. The largest absolute Gasteiger partial charge is 0.387 e. The number of aryl methyl sites for hydroxylation is 1. The first kappa shape index (κ1) is 18.8. The van der Waals surface area contributed by atoms with Gasteiger partial charge in [0.25, 0.3) is 5.56 Å². The van der Waals surface area contributed by atoms with E-state index in [4.69, 9.17) is 13.8 Å². The number of nitrogens with one attached hydrogen (secondary N) is 1. The van der Waals surface area contributed by atoms with Crippen LogP contribution in [-0.4, -0.2) is 41.1 Å². The Labute approximate surface area is 138 Å². The quantitative estimate of drug-likeness (QED) is 0.723. The number of aromatic amines is 1. The van der Waals surface area contributed by atoms with Gasteiger partial charge in [-0.2, -0.15) is 0 Å². The molecule has 1 aromatic heterocycles. The molecule has 134 valence electrons. The van der Waals surface area contributed by atoms with Crippen molar-refractivity contribution in [3.63, 3.8) is 0 Å². The minimum Gasteiger partial charge on any atom is -0.387 e. The number of aromatic nitrogens is 2. The van der Waals surface area contributed by atoms with Crippen LogP contribution >= 0.6 is 7.60 Å². The lowest BCUT2D eigenvalue weighted by atomic mass is 9.98. The van der Waals surface area contributed by atoms with Crippen LogP contribution in [0.5, 0.6) is 0 Å². The molecule has 1 unspecified atom stereocenters. The van der Waals surface area contributed by atoms with Crippen LogP contribution in [0.15, 0.2) is 27.7 Å². The van der Waals surface area contributed by atoms with Gasteiger partial charge in [-0.05, 0) is 13.3 Å². The molecule has 1 saturated heterocycles. The van der Waals surface area contributed by atoms with Crippen molar-refractivity contribution in [2.24, 2.45) is 0 Å². The summed E-state index contributed by atoms with van der Waals surface area (Å²) in [5, 5.41) is 10.5. The SMILES string of the molecule is COP(=O)(/C=C/CC1(O)CO[C@@H](n2cc(C)c(=O)[nH]c2=O)C1)OC. The molecule has 0 aromatic carbocycles. The summed E-state index contributed by atoms with van der Waals surface area (Å²) in [6.45, 7) is 1.57. The molecule has 2 heterocycles. The summed E-state index contributed by atoms with van der Waals surface area (Å²) in [7, 11) is -0.755. The van der Waals surface area contributed by atoms with Gasteiger partial charge >= 0.3 is 13.3 Å². The lowest BCUT2D eigenvalue weighted by Crippen LogP contribution is -2.34. The van der Waals surface area contributed by atoms with Crippen LogP contribution in [0.1, 0.15) is 24.6 Å². The Morgan fingerprint density at radius 2 is 2.17 bits per heavy atom. The molecule has 2 rings (SSSR count). The van der Waals surface area contributed by atoms with Crippen LogP contribution in [0.4, 0.5) is 0 Å². The van der Waals surface area contributed by atoms with Gasteiger partial charge in [0, 0.05) is 38.2 Å². The van der Waals surface area contributed by atoms with Gasteiger partial charge in [0.1, 0.15) is 6.23 Å². The van der Waals surface area contributed by atoms with E-state index >= 15 is 0 Å². The van der Waals surface area contributed by atoms with E-state index in [1.807, 2.05) is 0 Å². The maximum absolute atomic E-state index is 11.9. The molecule has 2 N–H and O–H groups in total. The number of H-pyrrole nitrogens is 1. The Bertz CT molecular complexity index is 776. The fourth-order valence-electron chi connectivity index (χ4n) is 2.41. The maximum Gasteiger partial charge on any atom is 0.353 e. The summed E-state index contributed by atoms with van der Waals surface area (Å²) >= 11 is 0. The van der Waals surface area contributed by atoms with Gasteiger partial charge in [-0.25, -0.2) is 4.79 Å². The van der Waals surface area contributed by atoms with E-state index in [-0.39, 0.29) is 19.4 Å². The number of aliphatic hydroxyl groups is 1. The first-order valence-corrected chi connectivity index (χ1v) is 8.88. The van der Waals surface area contributed by atoms with E-state index in [1.54, 1.807) is 6.92 Å². The number of hydrogen-bond acceptors (Lipinski definition) is 7. The van der Waals surface area contributed by atoms with Gasteiger partial charge in [-0.1, -0.05) is 6.08 Å². The van der Waals surface area contributed by atoms with Crippen molar-refractivity contribution in [2.75, 3.05) is 20.8 Å². The molecule has 0 amide bonds. The summed E-state index contributed by atoms with van der Waals surface area (Å²) in [6, 6.07) is 0. The lowest BCUT2D eigenvalue weighted by Gasteiger charge is -2.19. The summed E-state index contributed by atoms with van der Waals surface area (Å²) in [5.41, 5.74) is -1.91. The Morgan fingerprint density at radius 3 is 2.79 bits per heavy atom. The van der Waals surface area contributed by atoms with E-state index in [1.165, 1.54) is 36.9 Å². The summed E-state index contributed by atoms with van der Waals surface area (Å²) < 4.78 is 28.2. The molecule has 0 spiro atoms. The highest BCUT2D eigenvalue weighted by molar-refractivity contribution is 7.57. The van der Waals surface area contributed by atoms with Gasteiger partial charge in [0.15, 0.2) is 0 Å². The Hall–Kier alpha value is -1.51. The molecule has 1 aliphatic heterocycles. The molecule has 0 bridgehead atoms. The second kappa shape index (κ2) is 7.16. The number of nitrogens with zero attached hydrogens (tertiary/aromatic N) is 1. The van der Waals surface area contributed by atoms with E-state index in [0.717, 1.165) is 0 Å².